The summed E-state index contributed by atoms with van der Waals surface area (Å²) in [5, 5.41) is 0. The molecule has 8 heteroatoms. The zero-order valence-corrected chi connectivity index (χ0v) is 10.5. The van der Waals surface area contributed by atoms with Gasteiger partial charge in [0.05, 0.1) is 11.6 Å². The molecule has 1 aromatic heterocycles. The van der Waals surface area contributed by atoms with Gasteiger partial charge in [0.1, 0.15) is 0 Å². The number of nitrogens with one attached hydrogen (secondary N) is 1. The number of aromatic nitrogens is 1. The van der Waals surface area contributed by atoms with Gasteiger partial charge in [-0.1, -0.05) is 12.1 Å². The Kier molecular flexibility index (Phi) is 4.19. The van der Waals surface area contributed by atoms with Gasteiger partial charge < -0.3 is 0 Å². The summed E-state index contributed by atoms with van der Waals surface area (Å²) in [6, 6.07) is 2.56. The van der Waals surface area contributed by atoms with Crippen molar-refractivity contribution in [3.63, 3.8) is 0 Å². The molecule has 0 bridgehead atoms. The van der Waals surface area contributed by atoms with E-state index < -0.39 is 35.0 Å². The minimum absolute atomic E-state index is 0.337. The van der Waals surface area contributed by atoms with Crippen LogP contribution in [0.4, 0.5) is 22.0 Å². The third kappa shape index (κ3) is 3.01. The Labute approximate surface area is 116 Å². The zero-order valence-electron chi connectivity index (χ0n) is 10.5. The lowest BCUT2D eigenvalue weighted by atomic mass is 9.96. The molecule has 0 aliphatic carbocycles. The molecule has 0 aliphatic heterocycles. The van der Waals surface area contributed by atoms with E-state index in [4.69, 9.17) is 5.84 Å². The number of nitrogens with zero attached hydrogens (tertiary/aromatic N) is 1. The molecule has 0 amide bonds. The van der Waals surface area contributed by atoms with E-state index in [0.29, 0.717) is 0 Å². The molecule has 0 spiro atoms. The molecule has 1 heterocycles. The van der Waals surface area contributed by atoms with E-state index in [1.165, 1.54) is 6.07 Å². The van der Waals surface area contributed by atoms with Crippen molar-refractivity contribution in [3.05, 3.63) is 65.0 Å². The maximum atomic E-state index is 13.8. The molecule has 0 radical (unpaired) electrons. The van der Waals surface area contributed by atoms with E-state index in [1.54, 1.807) is 0 Å². The van der Waals surface area contributed by atoms with Gasteiger partial charge in [0.25, 0.3) is 0 Å². The second-order valence-electron chi connectivity index (χ2n) is 4.20. The maximum absolute atomic E-state index is 13.8. The van der Waals surface area contributed by atoms with Crippen LogP contribution in [0.15, 0.2) is 36.7 Å². The van der Waals surface area contributed by atoms with Gasteiger partial charge in [0.15, 0.2) is 11.6 Å². The first kappa shape index (κ1) is 15.3. The highest BCUT2D eigenvalue weighted by molar-refractivity contribution is 5.37. The molecule has 0 fully saturated rings. The summed E-state index contributed by atoms with van der Waals surface area (Å²) < 4.78 is 66.0. The summed E-state index contributed by atoms with van der Waals surface area (Å²) in [4.78, 5) is 3.59. The Morgan fingerprint density at radius 2 is 1.81 bits per heavy atom. The van der Waals surface area contributed by atoms with Gasteiger partial charge >= 0.3 is 6.18 Å². The van der Waals surface area contributed by atoms with Crippen molar-refractivity contribution in [1.82, 2.24) is 10.4 Å². The van der Waals surface area contributed by atoms with Crippen LogP contribution in [0.5, 0.6) is 0 Å². The lowest BCUT2D eigenvalue weighted by Gasteiger charge is -2.21. The van der Waals surface area contributed by atoms with Crippen LogP contribution in [-0.2, 0) is 6.18 Å². The molecule has 0 saturated carbocycles. The number of hydrogen-bond acceptors (Lipinski definition) is 3. The molecule has 1 aromatic carbocycles. The number of benzene rings is 1. The van der Waals surface area contributed by atoms with Crippen molar-refractivity contribution in [2.24, 2.45) is 5.84 Å². The molecule has 2 aromatic rings. The Balaban J connectivity index is 2.60. The van der Waals surface area contributed by atoms with Crippen LogP contribution in [0.25, 0.3) is 0 Å². The van der Waals surface area contributed by atoms with E-state index in [1.807, 2.05) is 0 Å². The van der Waals surface area contributed by atoms with Crippen LogP contribution in [0, 0.1) is 11.6 Å². The number of halogens is 5. The average Bonchev–Trinajstić information content (AvgIpc) is 2.44. The molecule has 1 atom stereocenters. The van der Waals surface area contributed by atoms with E-state index in [0.717, 1.165) is 30.6 Å². The van der Waals surface area contributed by atoms with Gasteiger partial charge in [0, 0.05) is 23.5 Å². The molecule has 0 saturated heterocycles. The normalized spacial score (nSPS) is 13.2. The van der Waals surface area contributed by atoms with Crippen LogP contribution in [0.3, 0.4) is 0 Å². The first-order chi connectivity index (χ1) is 9.86. The highest BCUT2D eigenvalue weighted by Gasteiger charge is 2.36. The third-order valence-corrected chi connectivity index (χ3v) is 2.93. The zero-order chi connectivity index (χ0) is 15.6. The lowest BCUT2D eigenvalue weighted by Crippen LogP contribution is -2.31. The molecule has 2 rings (SSSR count). The van der Waals surface area contributed by atoms with Crippen molar-refractivity contribution < 1.29 is 22.0 Å². The van der Waals surface area contributed by atoms with Crippen LogP contribution in [-0.4, -0.2) is 4.98 Å². The monoisotopic (exact) mass is 303 g/mol. The van der Waals surface area contributed by atoms with Crippen LogP contribution < -0.4 is 11.3 Å². The average molecular weight is 303 g/mol. The second-order valence-corrected chi connectivity index (χ2v) is 4.20. The van der Waals surface area contributed by atoms with E-state index >= 15 is 0 Å². The first-order valence-corrected chi connectivity index (χ1v) is 5.77. The molecule has 3 N–H and O–H groups in total. The summed E-state index contributed by atoms with van der Waals surface area (Å²) in [6.45, 7) is 0. The van der Waals surface area contributed by atoms with Crippen LogP contribution >= 0.6 is 0 Å². The largest absolute Gasteiger partial charge is 0.416 e. The fraction of sp³-hybridized carbons (Fsp3) is 0.154. The van der Waals surface area contributed by atoms with Crippen molar-refractivity contribution in [2.75, 3.05) is 0 Å². The van der Waals surface area contributed by atoms with Crippen molar-refractivity contribution in [2.45, 2.75) is 12.2 Å². The fourth-order valence-electron chi connectivity index (χ4n) is 1.99. The minimum atomic E-state index is -4.67. The molecule has 21 heavy (non-hydrogen) atoms. The van der Waals surface area contributed by atoms with E-state index in [9.17, 15) is 22.0 Å². The summed E-state index contributed by atoms with van der Waals surface area (Å²) in [5.41, 5.74) is 0.316. The molecular weight excluding hydrogens is 293 g/mol. The molecule has 3 nitrogen and oxygen atoms in total. The van der Waals surface area contributed by atoms with Gasteiger partial charge in [-0.05, 0) is 12.1 Å². The van der Waals surface area contributed by atoms with Crippen molar-refractivity contribution in [1.29, 1.82) is 0 Å². The third-order valence-electron chi connectivity index (χ3n) is 2.93. The second kappa shape index (κ2) is 5.74. The lowest BCUT2D eigenvalue weighted by molar-refractivity contribution is -0.138. The standard InChI is InChI=1S/C13H10F5N3/c14-10-3-1-2-7(11(10)15)12(21-19)8-6-20-5-4-9(8)13(16,17)18/h1-6,12,21H,19H2. The summed E-state index contributed by atoms with van der Waals surface area (Å²) in [5.74, 6) is 2.79. The number of nitrogens with two attached hydrogens (primary N) is 1. The van der Waals surface area contributed by atoms with E-state index in [2.05, 4.69) is 10.4 Å². The molecule has 1 unspecified atom stereocenters. The van der Waals surface area contributed by atoms with Gasteiger partial charge in [-0.25, -0.2) is 14.2 Å². The summed E-state index contributed by atoms with van der Waals surface area (Å²) in [7, 11) is 0. The fourth-order valence-corrected chi connectivity index (χ4v) is 1.99. The predicted octanol–water partition coefficient (Wildman–Crippen LogP) is 2.93. The van der Waals surface area contributed by atoms with Gasteiger partial charge in [0.2, 0.25) is 0 Å². The highest BCUT2D eigenvalue weighted by Crippen LogP contribution is 2.36. The van der Waals surface area contributed by atoms with Crippen molar-refractivity contribution >= 4 is 0 Å². The Bertz CT molecular complexity index is 642. The van der Waals surface area contributed by atoms with Crippen LogP contribution in [0.1, 0.15) is 22.7 Å². The number of rotatable bonds is 3. The number of hydrogen-bond donors (Lipinski definition) is 2. The Morgan fingerprint density at radius 1 is 1.10 bits per heavy atom. The number of hydrazine groups is 1. The summed E-state index contributed by atoms with van der Waals surface area (Å²) >= 11 is 0. The highest BCUT2D eigenvalue weighted by atomic mass is 19.4. The number of pyridine rings is 1. The first-order valence-electron chi connectivity index (χ1n) is 5.77. The maximum Gasteiger partial charge on any atom is 0.416 e. The van der Waals surface area contributed by atoms with Gasteiger partial charge in [-0.2, -0.15) is 13.2 Å². The molecular formula is C13H10F5N3. The Morgan fingerprint density at radius 3 is 2.43 bits per heavy atom. The SMILES string of the molecule is NNC(c1cnccc1C(F)(F)F)c1cccc(F)c1F. The minimum Gasteiger partial charge on any atom is -0.271 e. The van der Waals surface area contributed by atoms with Crippen molar-refractivity contribution in [3.8, 4) is 0 Å². The van der Waals surface area contributed by atoms with Crippen LogP contribution in [0.2, 0.25) is 0 Å². The Hall–Kier alpha value is -2.06. The van der Waals surface area contributed by atoms with E-state index in [-0.39, 0.29) is 5.56 Å². The predicted molar refractivity (Wildman–Crippen MR) is 64.8 cm³/mol. The molecule has 112 valence electrons. The topological polar surface area (TPSA) is 50.9 Å². The summed E-state index contributed by atoms with van der Waals surface area (Å²) in [6.07, 6.45) is -2.79. The molecule has 0 aliphatic rings. The van der Waals surface area contributed by atoms with Gasteiger partial charge in [-0.3, -0.25) is 10.8 Å². The number of alkyl halides is 3. The van der Waals surface area contributed by atoms with Gasteiger partial charge in [-0.15, -0.1) is 0 Å². The smallest absolute Gasteiger partial charge is 0.271 e. The quantitative estimate of drug-likeness (QED) is 0.521.